The summed E-state index contributed by atoms with van der Waals surface area (Å²) in [5.74, 6) is 0.229. The molecule has 1 aromatic carbocycles. The SMILES string of the molecule is Cl.FC(F)Oc1cccc(CN2CCNCC2)c1. The Balaban J connectivity index is 0.00000162. The molecule has 0 amide bonds. The zero-order valence-electron chi connectivity index (χ0n) is 9.94. The van der Waals surface area contributed by atoms with Gasteiger partial charge in [-0.25, -0.2) is 0 Å². The van der Waals surface area contributed by atoms with Crippen LogP contribution in [0.1, 0.15) is 5.56 Å². The molecule has 0 atom stereocenters. The quantitative estimate of drug-likeness (QED) is 0.913. The number of alkyl halides is 2. The molecule has 0 unspecified atom stereocenters. The highest BCUT2D eigenvalue weighted by Crippen LogP contribution is 2.17. The molecule has 0 saturated carbocycles. The lowest BCUT2D eigenvalue weighted by Crippen LogP contribution is -2.42. The zero-order chi connectivity index (χ0) is 12.1. The van der Waals surface area contributed by atoms with Crippen molar-refractivity contribution < 1.29 is 13.5 Å². The van der Waals surface area contributed by atoms with E-state index in [9.17, 15) is 8.78 Å². The van der Waals surface area contributed by atoms with Crippen molar-refractivity contribution in [2.45, 2.75) is 13.2 Å². The summed E-state index contributed by atoms with van der Waals surface area (Å²) in [5.41, 5.74) is 1.00. The zero-order valence-corrected chi connectivity index (χ0v) is 10.8. The van der Waals surface area contributed by atoms with Gasteiger partial charge in [0.25, 0.3) is 0 Å². The number of piperazine rings is 1. The molecule has 18 heavy (non-hydrogen) atoms. The fourth-order valence-corrected chi connectivity index (χ4v) is 1.95. The average Bonchev–Trinajstić information content (AvgIpc) is 2.30. The Morgan fingerprint density at radius 1 is 1.28 bits per heavy atom. The standard InChI is InChI=1S/C12H16F2N2O.ClH/c13-12(14)17-11-3-1-2-10(8-11)9-16-6-4-15-5-7-16;/h1-3,8,12,15H,4-7,9H2;1H. The maximum Gasteiger partial charge on any atom is 0.387 e. The van der Waals surface area contributed by atoms with E-state index in [0.29, 0.717) is 0 Å². The second kappa shape index (κ2) is 7.51. The van der Waals surface area contributed by atoms with E-state index in [1.807, 2.05) is 6.07 Å². The largest absolute Gasteiger partial charge is 0.435 e. The van der Waals surface area contributed by atoms with Crippen LogP contribution >= 0.6 is 12.4 Å². The minimum atomic E-state index is -2.76. The summed E-state index contributed by atoms with van der Waals surface area (Å²) in [7, 11) is 0. The summed E-state index contributed by atoms with van der Waals surface area (Å²) in [5, 5.41) is 3.27. The van der Waals surface area contributed by atoms with Gasteiger partial charge in [-0.15, -0.1) is 12.4 Å². The number of hydrogen-bond donors (Lipinski definition) is 1. The Morgan fingerprint density at radius 2 is 2.00 bits per heavy atom. The van der Waals surface area contributed by atoms with E-state index in [0.717, 1.165) is 38.3 Å². The topological polar surface area (TPSA) is 24.5 Å². The molecule has 0 spiro atoms. The molecule has 1 aromatic rings. The summed E-state index contributed by atoms with van der Waals surface area (Å²) in [6.45, 7) is 1.95. The number of halogens is 3. The van der Waals surface area contributed by atoms with Crippen molar-refractivity contribution >= 4 is 12.4 Å². The van der Waals surface area contributed by atoms with Gasteiger partial charge in [0.1, 0.15) is 5.75 Å². The lowest BCUT2D eigenvalue weighted by molar-refractivity contribution is -0.0499. The molecule has 6 heteroatoms. The Labute approximate surface area is 112 Å². The van der Waals surface area contributed by atoms with Crippen LogP contribution in [-0.4, -0.2) is 37.7 Å². The minimum absolute atomic E-state index is 0. The first-order valence-corrected chi connectivity index (χ1v) is 5.71. The Kier molecular flexibility index (Phi) is 6.32. The van der Waals surface area contributed by atoms with Gasteiger partial charge in [-0.05, 0) is 17.7 Å². The summed E-state index contributed by atoms with van der Waals surface area (Å²) in [4.78, 5) is 2.29. The molecular weight excluding hydrogens is 262 g/mol. The molecule has 0 bridgehead atoms. The first-order valence-electron chi connectivity index (χ1n) is 5.71. The van der Waals surface area contributed by atoms with Crippen LogP contribution in [0.2, 0.25) is 0 Å². The third-order valence-electron chi connectivity index (χ3n) is 2.74. The molecule has 3 nitrogen and oxygen atoms in total. The molecule has 1 aliphatic rings. The smallest absolute Gasteiger partial charge is 0.387 e. The van der Waals surface area contributed by atoms with Gasteiger partial charge < -0.3 is 10.1 Å². The fraction of sp³-hybridized carbons (Fsp3) is 0.500. The van der Waals surface area contributed by atoms with Gasteiger partial charge in [-0.1, -0.05) is 12.1 Å². The second-order valence-electron chi connectivity index (χ2n) is 4.05. The molecule has 1 heterocycles. The molecule has 102 valence electrons. The summed E-state index contributed by atoms with van der Waals surface area (Å²) in [6.07, 6.45) is 0. The number of benzene rings is 1. The monoisotopic (exact) mass is 278 g/mol. The lowest BCUT2D eigenvalue weighted by atomic mass is 10.2. The fourth-order valence-electron chi connectivity index (χ4n) is 1.95. The molecule has 0 radical (unpaired) electrons. The van der Waals surface area contributed by atoms with Crippen LogP contribution in [0.3, 0.4) is 0 Å². The highest BCUT2D eigenvalue weighted by atomic mass is 35.5. The third kappa shape index (κ3) is 4.76. The van der Waals surface area contributed by atoms with Crippen LogP contribution in [-0.2, 0) is 6.54 Å². The normalized spacial score (nSPS) is 16.4. The highest BCUT2D eigenvalue weighted by Gasteiger charge is 2.10. The van der Waals surface area contributed by atoms with Gasteiger partial charge in [-0.3, -0.25) is 4.90 Å². The molecule has 1 saturated heterocycles. The van der Waals surface area contributed by atoms with E-state index in [1.54, 1.807) is 18.2 Å². The van der Waals surface area contributed by atoms with Gasteiger partial charge >= 0.3 is 6.61 Å². The van der Waals surface area contributed by atoms with Crippen molar-refractivity contribution in [2.75, 3.05) is 26.2 Å². The number of rotatable bonds is 4. The maximum atomic E-state index is 12.1. The van der Waals surface area contributed by atoms with Crippen LogP contribution in [0.5, 0.6) is 5.75 Å². The number of ether oxygens (including phenoxy) is 1. The van der Waals surface area contributed by atoms with E-state index in [4.69, 9.17) is 0 Å². The third-order valence-corrected chi connectivity index (χ3v) is 2.74. The highest BCUT2D eigenvalue weighted by molar-refractivity contribution is 5.85. The van der Waals surface area contributed by atoms with Crippen molar-refractivity contribution in [2.24, 2.45) is 0 Å². The molecule has 0 aliphatic carbocycles. The first-order chi connectivity index (χ1) is 8.24. The predicted octanol–water partition coefficient (Wildman–Crippen LogP) is 2.11. The van der Waals surface area contributed by atoms with E-state index in [1.165, 1.54) is 0 Å². The van der Waals surface area contributed by atoms with Crippen molar-refractivity contribution in [1.82, 2.24) is 10.2 Å². The van der Waals surface area contributed by atoms with E-state index in [-0.39, 0.29) is 18.2 Å². The second-order valence-corrected chi connectivity index (χ2v) is 4.05. The molecule has 0 aromatic heterocycles. The van der Waals surface area contributed by atoms with Gasteiger partial charge in [0.15, 0.2) is 0 Å². The number of nitrogens with one attached hydrogen (secondary N) is 1. The van der Waals surface area contributed by atoms with E-state index in [2.05, 4.69) is 15.0 Å². The van der Waals surface area contributed by atoms with Gasteiger partial charge in [0, 0.05) is 32.7 Å². The molecule has 1 N–H and O–H groups in total. The summed E-state index contributed by atoms with van der Waals surface area (Å²) >= 11 is 0. The van der Waals surface area contributed by atoms with Gasteiger partial charge in [-0.2, -0.15) is 8.78 Å². The van der Waals surface area contributed by atoms with E-state index >= 15 is 0 Å². The molecular formula is C12H17ClF2N2O. The molecule has 1 fully saturated rings. The van der Waals surface area contributed by atoms with Gasteiger partial charge in [0.2, 0.25) is 0 Å². The first kappa shape index (κ1) is 15.1. The molecule has 1 aliphatic heterocycles. The van der Waals surface area contributed by atoms with Crippen molar-refractivity contribution in [1.29, 1.82) is 0 Å². The van der Waals surface area contributed by atoms with Crippen molar-refractivity contribution in [3.05, 3.63) is 29.8 Å². The van der Waals surface area contributed by atoms with Crippen LogP contribution in [0.15, 0.2) is 24.3 Å². The lowest BCUT2D eigenvalue weighted by Gasteiger charge is -2.27. The maximum absolute atomic E-state index is 12.1. The van der Waals surface area contributed by atoms with Crippen LogP contribution in [0.4, 0.5) is 8.78 Å². The Hall–Kier alpha value is -0.910. The Bertz CT molecular complexity index is 360. The average molecular weight is 279 g/mol. The minimum Gasteiger partial charge on any atom is -0.435 e. The molecule has 2 rings (SSSR count). The summed E-state index contributed by atoms with van der Waals surface area (Å²) in [6, 6.07) is 6.90. The van der Waals surface area contributed by atoms with E-state index < -0.39 is 6.61 Å². The Morgan fingerprint density at radius 3 is 2.67 bits per heavy atom. The van der Waals surface area contributed by atoms with Crippen LogP contribution < -0.4 is 10.1 Å². The predicted molar refractivity (Wildman–Crippen MR) is 68.5 cm³/mol. The summed E-state index contributed by atoms with van der Waals surface area (Å²) < 4.78 is 28.5. The van der Waals surface area contributed by atoms with Crippen LogP contribution in [0, 0.1) is 0 Å². The van der Waals surface area contributed by atoms with Gasteiger partial charge in [0.05, 0.1) is 0 Å². The number of hydrogen-bond acceptors (Lipinski definition) is 3. The number of nitrogens with zero attached hydrogens (tertiary/aromatic N) is 1. The van der Waals surface area contributed by atoms with Crippen molar-refractivity contribution in [3.8, 4) is 5.75 Å². The van der Waals surface area contributed by atoms with Crippen LogP contribution in [0.25, 0.3) is 0 Å². The van der Waals surface area contributed by atoms with Crippen molar-refractivity contribution in [3.63, 3.8) is 0 Å².